The first-order chi connectivity index (χ1) is 11.8. The molecule has 1 aromatic carbocycles. The molecule has 1 aliphatic carbocycles. The van der Waals surface area contributed by atoms with Crippen LogP contribution in [0.25, 0.3) is 10.6 Å². The minimum atomic E-state index is -5.29. The van der Waals surface area contributed by atoms with Crippen LogP contribution in [0.3, 0.4) is 0 Å². The Hall–Kier alpha value is -2.04. The molecular formula is C15H8F9NS. The Morgan fingerprint density at radius 3 is 1.65 bits per heavy atom. The molecule has 0 aliphatic heterocycles. The largest absolute Gasteiger partial charge is 0.434 e. The van der Waals surface area contributed by atoms with Crippen LogP contribution in [0.5, 0.6) is 0 Å². The van der Waals surface area contributed by atoms with Crippen molar-refractivity contribution in [3.63, 3.8) is 0 Å². The standard InChI is InChI=1S/C10H6F3NS.C5H2F6/c11-10(12,13)8-6-15-9(14-8)7-4-2-1-3-5-7;6-3(7)1-2-4(8,9)5(3,10)11/h1-6H;1-2H. The van der Waals surface area contributed by atoms with Crippen LogP contribution in [0.4, 0.5) is 39.5 Å². The highest BCUT2D eigenvalue weighted by molar-refractivity contribution is 7.13. The van der Waals surface area contributed by atoms with Gasteiger partial charge in [0.05, 0.1) is 0 Å². The van der Waals surface area contributed by atoms with Crippen LogP contribution in [0.2, 0.25) is 0 Å². The monoisotopic (exact) mass is 405 g/mol. The molecule has 11 heteroatoms. The quantitative estimate of drug-likeness (QED) is 0.401. The van der Waals surface area contributed by atoms with Gasteiger partial charge in [0.1, 0.15) is 5.01 Å². The first kappa shape index (κ1) is 20.3. The number of alkyl halides is 9. The van der Waals surface area contributed by atoms with E-state index in [2.05, 4.69) is 4.98 Å². The zero-order valence-corrected chi connectivity index (χ0v) is 13.2. The normalized spacial score (nSPS) is 19.7. The molecule has 26 heavy (non-hydrogen) atoms. The molecule has 2 aromatic rings. The van der Waals surface area contributed by atoms with Gasteiger partial charge in [-0.25, -0.2) is 4.98 Å². The fourth-order valence-electron chi connectivity index (χ4n) is 1.76. The molecule has 1 nitrogen and oxygen atoms in total. The van der Waals surface area contributed by atoms with Crippen LogP contribution in [0.15, 0.2) is 47.9 Å². The summed E-state index contributed by atoms with van der Waals surface area (Å²) in [6.07, 6.45) is -5.32. The second-order valence-electron chi connectivity index (χ2n) is 5.06. The third-order valence-corrected chi connectivity index (χ3v) is 4.05. The highest BCUT2D eigenvalue weighted by Crippen LogP contribution is 2.51. The number of rotatable bonds is 1. The predicted molar refractivity (Wildman–Crippen MR) is 76.5 cm³/mol. The first-order valence-electron chi connectivity index (χ1n) is 6.70. The van der Waals surface area contributed by atoms with Crippen molar-refractivity contribution in [2.45, 2.75) is 23.9 Å². The molecule has 0 radical (unpaired) electrons. The van der Waals surface area contributed by atoms with Gasteiger partial charge in [-0.2, -0.15) is 39.5 Å². The van der Waals surface area contributed by atoms with Crippen molar-refractivity contribution in [1.29, 1.82) is 0 Å². The molecule has 1 aliphatic rings. The Labute approximate surface area is 144 Å². The van der Waals surface area contributed by atoms with Crippen LogP contribution in [-0.4, -0.2) is 22.8 Å². The van der Waals surface area contributed by atoms with E-state index in [4.69, 9.17) is 0 Å². The number of hydrogen-bond acceptors (Lipinski definition) is 2. The molecule has 0 saturated heterocycles. The van der Waals surface area contributed by atoms with Gasteiger partial charge in [0.15, 0.2) is 5.69 Å². The smallest absolute Gasteiger partial charge is 0.232 e. The van der Waals surface area contributed by atoms with Crippen LogP contribution in [0, 0.1) is 0 Å². The molecule has 0 fully saturated rings. The summed E-state index contributed by atoms with van der Waals surface area (Å²) in [5, 5.41) is 1.42. The van der Waals surface area contributed by atoms with Gasteiger partial charge >= 0.3 is 23.9 Å². The van der Waals surface area contributed by atoms with Gasteiger partial charge in [0.25, 0.3) is 0 Å². The summed E-state index contributed by atoms with van der Waals surface area (Å²) >= 11 is 0.998. The minimum Gasteiger partial charge on any atom is -0.232 e. The van der Waals surface area contributed by atoms with Crippen LogP contribution in [-0.2, 0) is 6.18 Å². The molecule has 0 unspecified atom stereocenters. The number of thiazole rings is 1. The van der Waals surface area contributed by atoms with E-state index in [1.807, 2.05) is 6.07 Å². The van der Waals surface area contributed by atoms with Crippen molar-refractivity contribution >= 4 is 11.3 Å². The van der Waals surface area contributed by atoms with E-state index in [0.29, 0.717) is 10.6 Å². The van der Waals surface area contributed by atoms with Crippen LogP contribution >= 0.6 is 11.3 Å². The molecule has 1 heterocycles. The Bertz CT molecular complexity index is 758. The van der Waals surface area contributed by atoms with Gasteiger partial charge in [-0.1, -0.05) is 30.3 Å². The second kappa shape index (κ2) is 6.60. The number of benzene rings is 1. The molecule has 1 aromatic heterocycles. The predicted octanol–water partition coefficient (Wildman–Crippen LogP) is 6.29. The summed E-state index contributed by atoms with van der Waals surface area (Å²) < 4.78 is 108. The number of halogens is 9. The molecule has 0 amide bonds. The van der Waals surface area contributed by atoms with Gasteiger partial charge in [0.2, 0.25) is 0 Å². The highest BCUT2D eigenvalue weighted by atomic mass is 32.1. The summed E-state index contributed by atoms with van der Waals surface area (Å²) in [6, 6.07) is 8.81. The van der Waals surface area contributed by atoms with Crippen molar-refractivity contribution in [3.8, 4) is 10.6 Å². The van der Waals surface area contributed by atoms with E-state index in [0.717, 1.165) is 16.7 Å². The molecule has 0 saturated carbocycles. The molecular weight excluding hydrogens is 397 g/mol. The van der Waals surface area contributed by atoms with Crippen LogP contribution < -0.4 is 0 Å². The third-order valence-electron chi connectivity index (χ3n) is 3.15. The Kier molecular flexibility index (Phi) is 5.15. The lowest BCUT2D eigenvalue weighted by Crippen LogP contribution is -2.47. The number of nitrogens with zero attached hydrogens (tertiary/aromatic N) is 1. The maximum Gasteiger partial charge on any atom is 0.434 e. The van der Waals surface area contributed by atoms with Gasteiger partial charge < -0.3 is 0 Å². The molecule has 0 bridgehead atoms. The number of aromatic nitrogens is 1. The van der Waals surface area contributed by atoms with Gasteiger partial charge in [-0.15, -0.1) is 11.3 Å². The Morgan fingerprint density at radius 1 is 0.808 bits per heavy atom. The maximum atomic E-state index is 12.3. The van der Waals surface area contributed by atoms with Gasteiger partial charge in [-0.05, 0) is 12.2 Å². The lowest BCUT2D eigenvalue weighted by atomic mass is 10.2. The van der Waals surface area contributed by atoms with Gasteiger partial charge in [-0.3, -0.25) is 0 Å². The van der Waals surface area contributed by atoms with Crippen molar-refractivity contribution in [3.05, 3.63) is 53.6 Å². The zero-order chi connectivity index (χ0) is 19.8. The molecule has 0 spiro atoms. The summed E-state index contributed by atoms with van der Waals surface area (Å²) in [4.78, 5) is 3.55. The molecule has 0 atom stereocenters. The topological polar surface area (TPSA) is 12.9 Å². The summed E-state index contributed by atoms with van der Waals surface area (Å²) in [6.45, 7) is 0. The zero-order valence-electron chi connectivity index (χ0n) is 12.4. The first-order valence-corrected chi connectivity index (χ1v) is 7.58. The Balaban J connectivity index is 0.000000197. The van der Waals surface area contributed by atoms with E-state index >= 15 is 0 Å². The third kappa shape index (κ3) is 3.87. The lowest BCUT2D eigenvalue weighted by molar-refractivity contribution is -0.259. The van der Waals surface area contributed by atoms with E-state index in [-0.39, 0.29) is 0 Å². The lowest BCUT2D eigenvalue weighted by Gasteiger charge is -2.22. The van der Waals surface area contributed by atoms with E-state index < -0.39 is 41.8 Å². The van der Waals surface area contributed by atoms with Crippen molar-refractivity contribution in [2.24, 2.45) is 0 Å². The molecule has 0 N–H and O–H groups in total. The second-order valence-corrected chi connectivity index (χ2v) is 5.91. The van der Waals surface area contributed by atoms with E-state index in [1.165, 1.54) is 0 Å². The maximum absolute atomic E-state index is 12.3. The number of hydrogen-bond donors (Lipinski definition) is 0. The summed E-state index contributed by atoms with van der Waals surface area (Å²) in [5.41, 5.74) is -0.121. The fraction of sp³-hybridized carbons (Fsp3) is 0.267. The van der Waals surface area contributed by atoms with E-state index in [1.54, 1.807) is 24.3 Å². The van der Waals surface area contributed by atoms with Crippen LogP contribution in [0.1, 0.15) is 5.69 Å². The average Bonchev–Trinajstić information content (AvgIpc) is 3.09. The minimum absolute atomic E-state index is 0.392. The number of allylic oxidation sites excluding steroid dienone is 2. The molecule has 3 rings (SSSR count). The van der Waals surface area contributed by atoms with Crippen molar-refractivity contribution in [2.75, 3.05) is 0 Å². The summed E-state index contributed by atoms with van der Waals surface area (Å²) in [5.74, 6) is -14.8. The van der Waals surface area contributed by atoms with E-state index in [9.17, 15) is 39.5 Å². The van der Waals surface area contributed by atoms with Crippen molar-refractivity contribution < 1.29 is 39.5 Å². The SMILES string of the molecule is FC(F)(F)c1csc(-c2ccccc2)n1.FC1(F)C=CC(F)(F)C1(F)F. The van der Waals surface area contributed by atoms with Gasteiger partial charge in [0, 0.05) is 10.9 Å². The Morgan fingerprint density at radius 2 is 1.31 bits per heavy atom. The highest BCUT2D eigenvalue weighted by Gasteiger charge is 2.73. The van der Waals surface area contributed by atoms with Crippen molar-refractivity contribution in [1.82, 2.24) is 4.98 Å². The fourth-order valence-corrected chi connectivity index (χ4v) is 2.59. The summed E-state index contributed by atoms with van der Waals surface area (Å²) in [7, 11) is 0. The molecule has 142 valence electrons. The average molecular weight is 405 g/mol.